The van der Waals surface area contributed by atoms with Crippen LogP contribution >= 0.6 is 0 Å². The van der Waals surface area contributed by atoms with Crippen molar-refractivity contribution in [1.82, 2.24) is 9.78 Å². The van der Waals surface area contributed by atoms with Crippen LogP contribution < -0.4 is 0 Å². The van der Waals surface area contributed by atoms with Gasteiger partial charge in [0.2, 0.25) is 0 Å². The summed E-state index contributed by atoms with van der Waals surface area (Å²) in [6.45, 7) is 4.59. The molecule has 1 aromatic carbocycles. The SMILES string of the molecule is CCCC(C)Cc1ccccc1-c1cnn(C)c1. The van der Waals surface area contributed by atoms with Gasteiger partial charge in [-0.1, -0.05) is 51.0 Å². The van der Waals surface area contributed by atoms with Crippen LogP contribution in [0.3, 0.4) is 0 Å². The van der Waals surface area contributed by atoms with Crippen LogP contribution in [-0.2, 0) is 13.5 Å². The molecule has 1 unspecified atom stereocenters. The molecule has 2 aromatic rings. The molecule has 0 aliphatic carbocycles. The third kappa shape index (κ3) is 3.00. The molecule has 0 amide bonds. The van der Waals surface area contributed by atoms with Gasteiger partial charge in [-0.25, -0.2) is 0 Å². The van der Waals surface area contributed by atoms with E-state index in [1.54, 1.807) is 0 Å². The fourth-order valence-corrected chi connectivity index (χ4v) is 2.51. The van der Waals surface area contributed by atoms with E-state index in [1.807, 2.05) is 17.9 Å². The predicted molar refractivity (Wildman–Crippen MR) is 76.4 cm³/mol. The van der Waals surface area contributed by atoms with Crippen LogP contribution in [0.25, 0.3) is 11.1 Å². The van der Waals surface area contributed by atoms with E-state index in [4.69, 9.17) is 0 Å². The van der Waals surface area contributed by atoms with Gasteiger partial charge < -0.3 is 0 Å². The molecular formula is C16H22N2. The molecule has 1 atom stereocenters. The molecule has 0 saturated heterocycles. The molecule has 18 heavy (non-hydrogen) atoms. The van der Waals surface area contributed by atoms with Crippen molar-refractivity contribution in [2.24, 2.45) is 13.0 Å². The second-order valence-electron chi connectivity index (χ2n) is 5.16. The fraction of sp³-hybridized carbons (Fsp3) is 0.438. The highest BCUT2D eigenvalue weighted by Gasteiger charge is 2.09. The summed E-state index contributed by atoms with van der Waals surface area (Å²) >= 11 is 0. The molecule has 0 spiro atoms. The van der Waals surface area contributed by atoms with Gasteiger partial charge >= 0.3 is 0 Å². The molecule has 2 rings (SSSR count). The molecule has 1 aromatic heterocycles. The lowest BCUT2D eigenvalue weighted by Crippen LogP contribution is -2.00. The monoisotopic (exact) mass is 242 g/mol. The largest absolute Gasteiger partial charge is 0.275 e. The number of hydrogen-bond donors (Lipinski definition) is 0. The lowest BCUT2D eigenvalue weighted by molar-refractivity contribution is 0.523. The van der Waals surface area contributed by atoms with Gasteiger partial charge in [0, 0.05) is 18.8 Å². The van der Waals surface area contributed by atoms with Crippen LogP contribution in [-0.4, -0.2) is 9.78 Å². The van der Waals surface area contributed by atoms with Crippen molar-refractivity contribution in [3.8, 4) is 11.1 Å². The van der Waals surface area contributed by atoms with E-state index >= 15 is 0 Å². The van der Waals surface area contributed by atoms with Crippen molar-refractivity contribution in [1.29, 1.82) is 0 Å². The second kappa shape index (κ2) is 5.85. The Hall–Kier alpha value is -1.57. The molecule has 0 saturated carbocycles. The van der Waals surface area contributed by atoms with Gasteiger partial charge in [-0.15, -0.1) is 0 Å². The number of hydrogen-bond acceptors (Lipinski definition) is 1. The number of rotatable bonds is 5. The molecule has 0 N–H and O–H groups in total. The highest BCUT2D eigenvalue weighted by Crippen LogP contribution is 2.26. The van der Waals surface area contributed by atoms with Gasteiger partial charge in [0.05, 0.1) is 6.20 Å². The van der Waals surface area contributed by atoms with E-state index in [1.165, 1.54) is 29.5 Å². The van der Waals surface area contributed by atoms with Crippen molar-refractivity contribution < 1.29 is 0 Å². The van der Waals surface area contributed by atoms with Crippen LogP contribution in [0.2, 0.25) is 0 Å². The van der Waals surface area contributed by atoms with E-state index in [2.05, 4.69) is 49.4 Å². The number of benzene rings is 1. The van der Waals surface area contributed by atoms with Crippen molar-refractivity contribution in [2.75, 3.05) is 0 Å². The third-order valence-corrected chi connectivity index (χ3v) is 3.38. The topological polar surface area (TPSA) is 17.8 Å². The molecule has 0 fully saturated rings. The van der Waals surface area contributed by atoms with Crippen LogP contribution in [0, 0.1) is 5.92 Å². The average Bonchev–Trinajstić information content (AvgIpc) is 2.77. The lowest BCUT2D eigenvalue weighted by Gasteiger charge is -2.13. The van der Waals surface area contributed by atoms with Crippen molar-refractivity contribution in [3.63, 3.8) is 0 Å². The van der Waals surface area contributed by atoms with Crippen LogP contribution in [0.5, 0.6) is 0 Å². The van der Waals surface area contributed by atoms with Crippen LogP contribution in [0.1, 0.15) is 32.3 Å². The van der Waals surface area contributed by atoms with Crippen molar-refractivity contribution in [2.45, 2.75) is 33.1 Å². The van der Waals surface area contributed by atoms with E-state index in [9.17, 15) is 0 Å². The summed E-state index contributed by atoms with van der Waals surface area (Å²) in [7, 11) is 1.96. The van der Waals surface area contributed by atoms with Crippen LogP contribution in [0.15, 0.2) is 36.7 Å². The Kier molecular flexibility index (Phi) is 4.19. The molecule has 0 radical (unpaired) electrons. The minimum Gasteiger partial charge on any atom is -0.275 e. The highest BCUT2D eigenvalue weighted by molar-refractivity contribution is 5.65. The van der Waals surface area contributed by atoms with Gasteiger partial charge in [-0.2, -0.15) is 5.10 Å². The summed E-state index contributed by atoms with van der Waals surface area (Å²) in [6, 6.07) is 8.68. The van der Waals surface area contributed by atoms with Crippen molar-refractivity contribution >= 4 is 0 Å². The lowest BCUT2D eigenvalue weighted by atomic mass is 9.92. The minimum atomic E-state index is 0.743. The Bertz CT molecular complexity index is 499. The molecule has 96 valence electrons. The molecule has 0 bridgehead atoms. The smallest absolute Gasteiger partial charge is 0.0568 e. The predicted octanol–water partition coefficient (Wildman–Crippen LogP) is 4.07. The Balaban J connectivity index is 2.25. The number of aromatic nitrogens is 2. The molecule has 0 aliphatic rings. The standard InChI is InChI=1S/C16H22N2/c1-4-7-13(2)10-14-8-5-6-9-16(14)15-11-17-18(3)12-15/h5-6,8-9,11-13H,4,7,10H2,1-3H3. The van der Waals surface area contributed by atoms with Gasteiger partial charge in [0.1, 0.15) is 0 Å². The maximum Gasteiger partial charge on any atom is 0.0568 e. The normalized spacial score (nSPS) is 12.6. The first-order valence-electron chi connectivity index (χ1n) is 6.77. The zero-order valence-corrected chi connectivity index (χ0v) is 11.6. The Morgan fingerprint density at radius 3 is 2.72 bits per heavy atom. The summed E-state index contributed by atoms with van der Waals surface area (Å²) < 4.78 is 1.86. The van der Waals surface area contributed by atoms with Gasteiger partial charge in [0.15, 0.2) is 0 Å². The van der Waals surface area contributed by atoms with E-state index < -0.39 is 0 Å². The summed E-state index contributed by atoms with van der Waals surface area (Å²) in [4.78, 5) is 0. The maximum atomic E-state index is 4.27. The van der Waals surface area contributed by atoms with Gasteiger partial charge in [-0.3, -0.25) is 4.68 Å². The zero-order valence-electron chi connectivity index (χ0n) is 11.6. The fourth-order valence-electron chi connectivity index (χ4n) is 2.51. The molecule has 2 nitrogen and oxygen atoms in total. The van der Waals surface area contributed by atoms with Gasteiger partial charge in [0.25, 0.3) is 0 Å². The molecule has 2 heteroatoms. The summed E-state index contributed by atoms with van der Waals surface area (Å²) in [6.07, 6.45) is 7.74. The third-order valence-electron chi connectivity index (χ3n) is 3.38. The zero-order chi connectivity index (χ0) is 13.0. The Morgan fingerprint density at radius 1 is 1.28 bits per heavy atom. The number of nitrogens with zero attached hydrogens (tertiary/aromatic N) is 2. The summed E-state index contributed by atoms with van der Waals surface area (Å²) in [5.74, 6) is 0.743. The Morgan fingerprint density at radius 2 is 2.06 bits per heavy atom. The van der Waals surface area contributed by atoms with Crippen LogP contribution in [0.4, 0.5) is 0 Å². The quantitative estimate of drug-likeness (QED) is 0.773. The highest BCUT2D eigenvalue weighted by atomic mass is 15.2. The molecular weight excluding hydrogens is 220 g/mol. The summed E-state index contributed by atoms with van der Waals surface area (Å²) in [5.41, 5.74) is 3.98. The van der Waals surface area contributed by atoms with Crippen molar-refractivity contribution in [3.05, 3.63) is 42.2 Å². The minimum absolute atomic E-state index is 0.743. The maximum absolute atomic E-state index is 4.27. The molecule has 1 heterocycles. The average molecular weight is 242 g/mol. The second-order valence-corrected chi connectivity index (χ2v) is 5.16. The van der Waals surface area contributed by atoms with E-state index in [0.29, 0.717) is 0 Å². The van der Waals surface area contributed by atoms with E-state index in [-0.39, 0.29) is 0 Å². The first kappa shape index (κ1) is 12.9. The van der Waals surface area contributed by atoms with E-state index in [0.717, 1.165) is 12.3 Å². The summed E-state index contributed by atoms with van der Waals surface area (Å²) in [5, 5.41) is 4.27. The Labute approximate surface area is 110 Å². The first-order valence-corrected chi connectivity index (χ1v) is 6.77. The number of aryl methyl sites for hydroxylation is 1. The first-order chi connectivity index (χ1) is 8.70. The van der Waals surface area contributed by atoms with Gasteiger partial charge in [-0.05, 0) is 23.5 Å². The molecule has 0 aliphatic heterocycles.